The van der Waals surface area contributed by atoms with Crippen molar-refractivity contribution in [3.63, 3.8) is 0 Å². The molecule has 0 aliphatic carbocycles. The Bertz CT molecular complexity index is 797. The molecule has 2 N–H and O–H groups in total. The number of rotatable bonds is 7. The molecular weight excluding hydrogens is 526 g/mol. The van der Waals surface area contributed by atoms with Crippen LogP contribution in [-0.2, 0) is 19.3 Å². The van der Waals surface area contributed by atoms with Crippen molar-refractivity contribution in [2.24, 2.45) is 4.99 Å². The van der Waals surface area contributed by atoms with E-state index >= 15 is 0 Å². The van der Waals surface area contributed by atoms with E-state index in [1.807, 2.05) is 13.0 Å². The van der Waals surface area contributed by atoms with Gasteiger partial charge in [-0.25, -0.2) is 9.98 Å². The van der Waals surface area contributed by atoms with Crippen LogP contribution in [0.25, 0.3) is 0 Å². The average molecular weight is 553 g/mol. The van der Waals surface area contributed by atoms with E-state index in [0.717, 1.165) is 49.2 Å². The van der Waals surface area contributed by atoms with Crippen molar-refractivity contribution in [2.75, 3.05) is 19.6 Å². The van der Waals surface area contributed by atoms with Crippen LogP contribution in [0.5, 0.6) is 0 Å². The summed E-state index contributed by atoms with van der Waals surface area (Å²) in [7, 11) is 0. The maximum atomic E-state index is 12.7. The maximum Gasteiger partial charge on any atom is 0.434 e. The Kier molecular flexibility index (Phi) is 9.82. The van der Waals surface area contributed by atoms with Gasteiger partial charge in [-0.3, -0.25) is 4.90 Å². The number of benzene rings is 1. The van der Waals surface area contributed by atoms with Gasteiger partial charge in [0.25, 0.3) is 0 Å². The minimum Gasteiger partial charge on any atom is -0.357 e. The number of nitrogens with one attached hydrogen (secondary N) is 2. The quantitative estimate of drug-likeness (QED) is 0.301. The third kappa shape index (κ3) is 7.38. The standard InChI is InChI=1S/C20H26F3N5S.HI/c1-2-24-19(26-12-18-27-17(14-29-18)20(21,22)23)25-11-16-9-6-10-28(16)13-15-7-4-3-5-8-15;/h3-5,7-8,14,16H,2,6,9-13H2,1H3,(H2,24,25,26);1H. The molecule has 0 amide bonds. The number of hydrogen-bond acceptors (Lipinski definition) is 4. The third-order valence-corrected chi connectivity index (χ3v) is 5.63. The highest BCUT2D eigenvalue weighted by molar-refractivity contribution is 14.0. The normalized spacial score (nSPS) is 17.6. The van der Waals surface area contributed by atoms with E-state index in [1.165, 1.54) is 5.56 Å². The fourth-order valence-corrected chi connectivity index (χ4v) is 4.09. The molecule has 30 heavy (non-hydrogen) atoms. The molecule has 2 aromatic rings. The van der Waals surface area contributed by atoms with Gasteiger partial charge in [0, 0.05) is 31.1 Å². The molecule has 1 aliphatic rings. The molecule has 10 heteroatoms. The molecule has 1 atom stereocenters. The van der Waals surface area contributed by atoms with Gasteiger partial charge in [0.15, 0.2) is 11.7 Å². The number of aromatic nitrogens is 1. The van der Waals surface area contributed by atoms with Gasteiger partial charge in [-0.05, 0) is 31.9 Å². The Morgan fingerprint density at radius 2 is 2.03 bits per heavy atom. The van der Waals surface area contributed by atoms with Crippen molar-refractivity contribution in [1.29, 1.82) is 0 Å². The molecule has 1 aromatic heterocycles. The van der Waals surface area contributed by atoms with Crippen LogP contribution in [0.3, 0.4) is 0 Å². The summed E-state index contributed by atoms with van der Waals surface area (Å²) in [6.45, 7) is 5.48. The molecule has 1 unspecified atom stereocenters. The first-order chi connectivity index (χ1) is 14.0. The van der Waals surface area contributed by atoms with Gasteiger partial charge in [-0.1, -0.05) is 30.3 Å². The van der Waals surface area contributed by atoms with Crippen molar-refractivity contribution < 1.29 is 13.2 Å². The van der Waals surface area contributed by atoms with Crippen molar-refractivity contribution >= 4 is 41.3 Å². The SMILES string of the molecule is CCNC(=NCc1nc(C(F)(F)F)cs1)NCC1CCCN1Cc1ccccc1.I. The summed E-state index contributed by atoms with van der Waals surface area (Å²) in [5, 5.41) is 7.87. The summed E-state index contributed by atoms with van der Waals surface area (Å²) >= 11 is 0.980. The molecule has 1 aromatic carbocycles. The number of thiazole rings is 1. The van der Waals surface area contributed by atoms with Crippen LogP contribution in [0, 0.1) is 0 Å². The summed E-state index contributed by atoms with van der Waals surface area (Å²) in [6.07, 6.45) is -2.14. The van der Waals surface area contributed by atoms with Gasteiger partial charge in [0.2, 0.25) is 0 Å². The Labute approximate surface area is 196 Å². The lowest BCUT2D eigenvalue weighted by Crippen LogP contribution is -2.44. The van der Waals surface area contributed by atoms with Crippen molar-refractivity contribution in [2.45, 2.75) is 45.1 Å². The number of aliphatic imine (C=N–C) groups is 1. The number of hydrogen-bond donors (Lipinski definition) is 2. The second kappa shape index (κ2) is 11.8. The monoisotopic (exact) mass is 553 g/mol. The predicted octanol–water partition coefficient (Wildman–Crippen LogP) is 4.50. The molecule has 166 valence electrons. The van der Waals surface area contributed by atoms with Crippen molar-refractivity contribution in [3.8, 4) is 0 Å². The van der Waals surface area contributed by atoms with Crippen LogP contribution in [-0.4, -0.2) is 41.5 Å². The Hall–Kier alpha value is -1.40. The topological polar surface area (TPSA) is 52.6 Å². The minimum atomic E-state index is -4.41. The second-order valence-corrected chi connectivity index (χ2v) is 7.90. The zero-order valence-corrected chi connectivity index (χ0v) is 19.9. The molecule has 0 bridgehead atoms. The van der Waals surface area contributed by atoms with Gasteiger partial charge in [0.1, 0.15) is 5.01 Å². The highest BCUT2D eigenvalue weighted by Gasteiger charge is 2.33. The van der Waals surface area contributed by atoms with Crippen LogP contribution < -0.4 is 10.6 Å². The number of halogens is 4. The second-order valence-electron chi connectivity index (χ2n) is 6.95. The number of nitrogens with zero attached hydrogens (tertiary/aromatic N) is 3. The molecule has 0 saturated carbocycles. The molecule has 1 saturated heterocycles. The third-order valence-electron chi connectivity index (χ3n) is 4.79. The van der Waals surface area contributed by atoms with E-state index in [2.05, 4.69) is 49.8 Å². The zero-order valence-electron chi connectivity index (χ0n) is 16.8. The van der Waals surface area contributed by atoms with Gasteiger partial charge < -0.3 is 10.6 Å². The minimum absolute atomic E-state index is 0. The molecule has 1 aliphatic heterocycles. The maximum absolute atomic E-state index is 12.7. The number of guanidine groups is 1. The van der Waals surface area contributed by atoms with Gasteiger partial charge in [0.05, 0.1) is 6.54 Å². The largest absolute Gasteiger partial charge is 0.434 e. The molecule has 1 fully saturated rings. The highest BCUT2D eigenvalue weighted by Crippen LogP contribution is 2.30. The lowest BCUT2D eigenvalue weighted by Gasteiger charge is -2.25. The predicted molar refractivity (Wildman–Crippen MR) is 125 cm³/mol. The fourth-order valence-electron chi connectivity index (χ4n) is 3.37. The summed E-state index contributed by atoms with van der Waals surface area (Å²) in [5.41, 5.74) is 0.442. The summed E-state index contributed by atoms with van der Waals surface area (Å²) in [5.74, 6) is 0.600. The van der Waals surface area contributed by atoms with E-state index in [0.29, 0.717) is 23.6 Å². The molecule has 3 rings (SSSR count). The average Bonchev–Trinajstić information content (AvgIpc) is 3.34. The lowest BCUT2D eigenvalue weighted by atomic mass is 10.2. The van der Waals surface area contributed by atoms with E-state index in [9.17, 15) is 13.2 Å². The fraction of sp³-hybridized carbons (Fsp3) is 0.500. The van der Waals surface area contributed by atoms with Crippen molar-refractivity contribution in [3.05, 3.63) is 52.0 Å². The molecule has 0 radical (unpaired) electrons. The number of likely N-dealkylation sites (tertiary alicyclic amines) is 1. The van der Waals surface area contributed by atoms with E-state index in [-0.39, 0.29) is 30.5 Å². The first-order valence-corrected chi connectivity index (χ1v) is 10.7. The van der Waals surface area contributed by atoms with E-state index < -0.39 is 11.9 Å². The van der Waals surface area contributed by atoms with Gasteiger partial charge in [-0.2, -0.15) is 13.2 Å². The van der Waals surface area contributed by atoms with Crippen LogP contribution in [0.1, 0.15) is 36.0 Å². The smallest absolute Gasteiger partial charge is 0.357 e. The van der Waals surface area contributed by atoms with E-state index in [4.69, 9.17) is 0 Å². The molecule has 0 spiro atoms. The van der Waals surface area contributed by atoms with Gasteiger partial charge in [-0.15, -0.1) is 35.3 Å². The molecule has 5 nitrogen and oxygen atoms in total. The van der Waals surface area contributed by atoms with Crippen LogP contribution in [0.2, 0.25) is 0 Å². The summed E-state index contributed by atoms with van der Waals surface area (Å²) in [6, 6.07) is 10.8. The molecule has 2 heterocycles. The highest BCUT2D eigenvalue weighted by atomic mass is 127. The first kappa shape index (κ1) is 24.9. The summed E-state index contributed by atoms with van der Waals surface area (Å²) < 4.78 is 38.1. The van der Waals surface area contributed by atoms with Crippen LogP contribution in [0.4, 0.5) is 13.2 Å². The van der Waals surface area contributed by atoms with E-state index in [1.54, 1.807) is 0 Å². The summed E-state index contributed by atoms with van der Waals surface area (Å²) in [4.78, 5) is 10.5. The molecular formula is C20H27F3IN5S. The Morgan fingerprint density at radius 1 is 1.27 bits per heavy atom. The zero-order chi connectivity index (χ0) is 20.7. The van der Waals surface area contributed by atoms with Crippen LogP contribution >= 0.6 is 35.3 Å². The number of alkyl halides is 3. The van der Waals surface area contributed by atoms with Crippen LogP contribution in [0.15, 0.2) is 40.7 Å². The van der Waals surface area contributed by atoms with Gasteiger partial charge >= 0.3 is 6.18 Å². The Morgan fingerprint density at radius 3 is 2.70 bits per heavy atom. The Balaban J connectivity index is 0.00000320. The van der Waals surface area contributed by atoms with Crippen molar-refractivity contribution in [1.82, 2.24) is 20.5 Å². The first-order valence-electron chi connectivity index (χ1n) is 9.77. The lowest BCUT2D eigenvalue weighted by molar-refractivity contribution is -0.140.